The Kier molecular flexibility index (Phi) is 4.70. The van der Waals surface area contributed by atoms with Crippen LogP contribution >= 0.6 is 11.6 Å². The molecular weight excluding hydrogens is 428 g/mol. The first-order chi connectivity index (χ1) is 15.2. The number of carbonyl (C=O) groups excluding carboxylic acids is 2. The lowest BCUT2D eigenvalue weighted by Crippen LogP contribution is -2.57. The fourth-order valence-corrected chi connectivity index (χ4v) is 4.59. The largest absolute Gasteiger partial charge is 0.377 e. The molecule has 32 heavy (non-hydrogen) atoms. The normalized spacial score (nSPS) is 17.3. The number of benzene rings is 1. The van der Waals surface area contributed by atoms with E-state index < -0.39 is 5.54 Å². The average molecular weight is 451 g/mol. The van der Waals surface area contributed by atoms with E-state index in [1.165, 1.54) is 0 Å². The number of carbonyl (C=O) groups is 2. The van der Waals surface area contributed by atoms with Gasteiger partial charge in [-0.05, 0) is 50.6 Å². The first-order valence-electron chi connectivity index (χ1n) is 10.4. The van der Waals surface area contributed by atoms with E-state index in [2.05, 4.69) is 20.3 Å². The van der Waals surface area contributed by atoms with Crippen LogP contribution in [0.5, 0.6) is 0 Å². The first-order valence-corrected chi connectivity index (χ1v) is 10.8. The Morgan fingerprint density at radius 1 is 1.22 bits per heavy atom. The molecule has 2 aromatic heterocycles. The van der Waals surface area contributed by atoms with Crippen LogP contribution in [0.15, 0.2) is 42.9 Å². The molecule has 2 N–H and O–H groups in total. The Morgan fingerprint density at radius 2 is 2.00 bits per heavy atom. The van der Waals surface area contributed by atoms with Gasteiger partial charge in [0.15, 0.2) is 5.82 Å². The lowest BCUT2D eigenvalue weighted by Gasteiger charge is -2.39. The van der Waals surface area contributed by atoms with Crippen LogP contribution in [0.2, 0.25) is 5.02 Å². The Morgan fingerprint density at radius 3 is 2.72 bits per heavy atom. The standard InChI is InChI=1S/C23H23ClN6O2/c1-13-8-26-20(27-13)22(32)29-11-16(12-29)28-15-7-17(10-25-9-15)30-21(31)18-5-4-14(24)6-19(18)23(30,2)3/h4-10,16,28H,11-12H2,1-3H3,(H,26,27). The fourth-order valence-electron chi connectivity index (χ4n) is 4.42. The molecule has 0 aliphatic carbocycles. The third-order valence-electron chi connectivity index (χ3n) is 6.06. The number of hydrogen-bond donors (Lipinski definition) is 2. The number of aromatic amines is 1. The van der Waals surface area contributed by atoms with Gasteiger partial charge in [0.1, 0.15) is 0 Å². The predicted molar refractivity (Wildman–Crippen MR) is 122 cm³/mol. The summed E-state index contributed by atoms with van der Waals surface area (Å²) in [6.45, 7) is 7.00. The topological polar surface area (TPSA) is 94.2 Å². The van der Waals surface area contributed by atoms with Crippen molar-refractivity contribution in [3.8, 4) is 0 Å². The second kappa shape index (κ2) is 7.34. The molecular formula is C23H23ClN6O2. The second-order valence-corrected chi connectivity index (χ2v) is 9.22. The molecule has 5 rings (SSSR count). The molecule has 4 heterocycles. The number of pyridine rings is 1. The van der Waals surface area contributed by atoms with E-state index >= 15 is 0 Å². The highest BCUT2D eigenvalue weighted by Gasteiger charge is 2.44. The summed E-state index contributed by atoms with van der Waals surface area (Å²) in [6.07, 6.45) is 5.06. The minimum absolute atomic E-state index is 0.0743. The van der Waals surface area contributed by atoms with Gasteiger partial charge in [-0.15, -0.1) is 0 Å². The smallest absolute Gasteiger partial charge is 0.289 e. The molecule has 0 radical (unpaired) electrons. The quantitative estimate of drug-likeness (QED) is 0.633. The molecule has 1 saturated heterocycles. The van der Waals surface area contributed by atoms with Crippen molar-refractivity contribution in [1.29, 1.82) is 0 Å². The van der Waals surface area contributed by atoms with Crippen molar-refractivity contribution < 1.29 is 9.59 Å². The summed E-state index contributed by atoms with van der Waals surface area (Å²) in [5, 5.41) is 4.02. The van der Waals surface area contributed by atoms with Gasteiger partial charge < -0.3 is 15.2 Å². The van der Waals surface area contributed by atoms with Gasteiger partial charge in [-0.3, -0.25) is 19.5 Å². The zero-order valence-electron chi connectivity index (χ0n) is 18.0. The summed E-state index contributed by atoms with van der Waals surface area (Å²) in [4.78, 5) is 40.5. The van der Waals surface area contributed by atoms with Gasteiger partial charge in [-0.1, -0.05) is 11.6 Å². The van der Waals surface area contributed by atoms with E-state index in [0.717, 1.165) is 16.9 Å². The Bertz CT molecular complexity index is 1230. The molecule has 0 spiro atoms. The van der Waals surface area contributed by atoms with Crippen molar-refractivity contribution in [1.82, 2.24) is 19.9 Å². The summed E-state index contributed by atoms with van der Waals surface area (Å²) < 4.78 is 0. The number of amides is 2. The van der Waals surface area contributed by atoms with E-state index in [0.29, 0.717) is 35.2 Å². The lowest BCUT2D eigenvalue weighted by atomic mass is 9.93. The first kappa shape index (κ1) is 20.5. The van der Waals surface area contributed by atoms with Gasteiger partial charge in [0.05, 0.1) is 35.3 Å². The van der Waals surface area contributed by atoms with Gasteiger partial charge in [0.25, 0.3) is 11.8 Å². The molecule has 3 aromatic rings. The highest BCUT2D eigenvalue weighted by Crippen LogP contribution is 2.43. The number of fused-ring (bicyclic) bond motifs is 1. The zero-order valence-corrected chi connectivity index (χ0v) is 18.8. The summed E-state index contributed by atoms with van der Waals surface area (Å²) >= 11 is 6.19. The van der Waals surface area contributed by atoms with Crippen molar-refractivity contribution in [2.24, 2.45) is 0 Å². The van der Waals surface area contributed by atoms with Crippen LogP contribution in [0.1, 0.15) is 46.1 Å². The number of nitrogens with zero attached hydrogens (tertiary/aromatic N) is 4. The van der Waals surface area contributed by atoms with Crippen LogP contribution in [0, 0.1) is 6.92 Å². The van der Waals surface area contributed by atoms with Crippen LogP contribution in [-0.4, -0.2) is 50.8 Å². The molecule has 1 fully saturated rings. The monoisotopic (exact) mass is 450 g/mol. The van der Waals surface area contributed by atoms with E-state index in [1.807, 2.05) is 32.9 Å². The number of imidazole rings is 1. The molecule has 2 amide bonds. The zero-order chi connectivity index (χ0) is 22.6. The Hall–Kier alpha value is -3.39. The molecule has 0 unspecified atom stereocenters. The number of aryl methyl sites for hydroxylation is 1. The maximum Gasteiger partial charge on any atom is 0.289 e. The van der Waals surface area contributed by atoms with E-state index in [9.17, 15) is 9.59 Å². The number of H-pyrrole nitrogens is 1. The molecule has 0 bridgehead atoms. The van der Waals surface area contributed by atoms with Crippen LogP contribution < -0.4 is 10.2 Å². The summed E-state index contributed by atoms with van der Waals surface area (Å²) in [5.41, 5.74) is 3.35. The number of anilines is 2. The van der Waals surface area contributed by atoms with Gasteiger partial charge in [-0.2, -0.15) is 0 Å². The van der Waals surface area contributed by atoms with Gasteiger partial charge >= 0.3 is 0 Å². The summed E-state index contributed by atoms with van der Waals surface area (Å²) in [5.74, 6) is 0.178. The number of hydrogen-bond acceptors (Lipinski definition) is 5. The molecule has 0 saturated carbocycles. The van der Waals surface area contributed by atoms with Crippen molar-refractivity contribution in [2.45, 2.75) is 32.4 Å². The van der Waals surface area contributed by atoms with Gasteiger partial charge in [0.2, 0.25) is 0 Å². The van der Waals surface area contributed by atoms with Crippen molar-refractivity contribution in [2.75, 3.05) is 23.3 Å². The SMILES string of the molecule is Cc1cnc(C(=O)N2CC(Nc3cncc(N4C(=O)c5ccc(Cl)cc5C4(C)C)c3)C2)[nH]1. The maximum atomic E-state index is 13.2. The van der Waals surface area contributed by atoms with E-state index in [4.69, 9.17) is 11.6 Å². The second-order valence-electron chi connectivity index (χ2n) is 8.79. The predicted octanol–water partition coefficient (Wildman–Crippen LogP) is 3.60. The molecule has 1 aromatic carbocycles. The lowest BCUT2D eigenvalue weighted by molar-refractivity contribution is 0.0613. The van der Waals surface area contributed by atoms with E-state index in [1.54, 1.807) is 40.5 Å². The van der Waals surface area contributed by atoms with Gasteiger partial charge in [0, 0.05) is 35.6 Å². The minimum atomic E-state index is -0.557. The highest BCUT2D eigenvalue weighted by atomic mass is 35.5. The van der Waals surface area contributed by atoms with Crippen molar-refractivity contribution in [3.05, 3.63) is 70.5 Å². The highest BCUT2D eigenvalue weighted by molar-refractivity contribution is 6.31. The molecule has 9 heteroatoms. The fraction of sp³-hybridized carbons (Fsp3) is 0.304. The van der Waals surface area contributed by atoms with Crippen LogP contribution in [0.4, 0.5) is 11.4 Å². The van der Waals surface area contributed by atoms with Crippen LogP contribution in [0.25, 0.3) is 0 Å². The summed E-state index contributed by atoms with van der Waals surface area (Å²) in [6, 6.07) is 7.38. The van der Waals surface area contributed by atoms with Crippen molar-refractivity contribution >= 4 is 34.8 Å². The number of halogens is 1. The molecule has 8 nitrogen and oxygen atoms in total. The molecule has 164 valence electrons. The molecule has 2 aliphatic rings. The van der Waals surface area contributed by atoms with Crippen LogP contribution in [-0.2, 0) is 5.54 Å². The number of nitrogens with one attached hydrogen (secondary N) is 2. The molecule has 0 atom stereocenters. The van der Waals surface area contributed by atoms with E-state index in [-0.39, 0.29) is 17.9 Å². The van der Waals surface area contributed by atoms with Crippen LogP contribution in [0.3, 0.4) is 0 Å². The average Bonchev–Trinajstić information content (AvgIpc) is 3.23. The summed E-state index contributed by atoms with van der Waals surface area (Å²) in [7, 11) is 0. The maximum absolute atomic E-state index is 13.2. The minimum Gasteiger partial charge on any atom is -0.377 e. The number of rotatable bonds is 4. The third-order valence-corrected chi connectivity index (χ3v) is 6.30. The Labute approximate surface area is 190 Å². The Balaban J connectivity index is 1.30. The van der Waals surface area contributed by atoms with Crippen molar-refractivity contribution in [3.63, 3.8) is 0 Å². The third kappa shape index (κ3) is 3.31. The van der Waals surface area contributed by atoms with Gasteiger partial charge in [-0.25, -0.2) is 4.98 Å². The number of aromatic nitrogens is 3. The number of likely N-dealkylation sites (tertiary alicyclic amines) is 1. The molecule has 2 aliphatic heterocycles.